The number of carbonyl (C=O) groups excluding carboxylic acids is 1. The molecule has 7 nitrogen and oxygen atoms in total. The van der Waals surface area contributed by atoms with E-state index >= 15 is 0 Å². The molecule has 1 saturated heterocycles. The summed E-state index contributed by atoms with van der Waals surface area (Å²) in [6.45, 7) is 2.04. The molecule has 0 aromatic heterocycles. The molecule has 37 heavy (non-hydrogen) atoms. The third-order valence-corrected chi connectivity index (χ3v) is 7.34. The van der Waals surface area contributed by atoms with E-state index in [0.29, 0.717) is 12.5 Å². The summed E-state index contributed by atoms with van der Waals surface area (Å²) >= 11 is 0. The van der Waals surface area contributed by atoms with Crippen LogP contribution in [0, 0.1) is 27.8 Å². The molecule has 2 N–H and O–H groups in total. The fraction of sp³-hybridized carbons (Fsp3) is 0.500. The van der Waals surface area contributed by atoms with Gasteiger partial charge >= 0.3 is 6.18 Å². The van der Waals surface area contributed by atoms with Crippen molar-refractivity contribution in [2.45, 2.75) is 50.7 Å². The smallest absolute Gasteiger partial charge is 0.382 e. The van der Waals surface area contributed by atoms with Gasteiger partial charge in [0.15, 0.2) is 0 Å². The molecular formula is C26H30F4N4O3. The van der Waals surface area contributed by atoms with Crippen LogP contribution >= 0.6 is 0 Å². The third-order valence-electron chi connectivity index (χ3n) is 7.34. The second-order valence-corrected chi connectivity index (χ2v) is 9.83. The number of nitro benzene ring substituents is 1. The molecule has 1 aliphatic carbocycles. The maximum atomic E-state index is 13.2. The van der Waals surface area contributed by atoms with Gasteiger partial charge in [-0.05, 0) is 80.8 Å². The topological polar surface area (TPSA) is 87.5 Å². The first kappa shape index (κ1) is 26.7. The highest BCUT2D eigenvalue weighted by Crippen LogP contribution is 2.38. The van der Waals surface area contributed by atoms with E-state index in [2.05, 4.69) is 15.5 Å². The molecule has 0 atom stereocenters. The van der Waals surface area contributed by atoms with Gasteiger partial charge < -0.3 is 15.5 Å². The Kier molecular flexibility index (Phi) is 8.19. The zero-order valence-corrected chi connectivity index (χ0v) is 20.3. The van der Waals surface area contributed by atoms with Crippen molar-refractivity contribution in [1.82, 2.24) is 5.32 Å². The molecule has 1 saturated carbocycles. The molecule has 1 heterocycles. The van der Waals surface area contributed by atoms with E-state index in [1.807, 2.05) is 0 Å². The van der Waals surface area contributed by atoms with Gasteiger partial charge in [-0.1, -0.05) is 0 Å². The zero-order chi connectivity index (χ0) is 26.6. The van der Waals surface area contributed by atoms with Crippen LogP contribution in [0.5, 0.6) is 0 Å². The van der Waals surface area contributed by atoms with Crippen LogP contribution in [0.3, 0.4) is 0 Å². The van der Waals surface area contributed by atoms with Crippen LogP contribution in [0.4, 0.5) is 34.6 Å². The molecule has 0 bridgehead atoms. The zero-order valence-electron chi connectivity index (χ0n) is 20.3. The minimum absolute atomic E-state index is 0.0368. The van der Waals surface area contributed by atoms with Gasteiger partial charge in [0.05, 0.1) is 4.92 Å². The second kappa shape index (κ2) is 11.4. The Bertz CT molecular complexity index is 1090. The maximum absolute atomic E-state index is 13.2. The average molecular weight is 523 g/mol. The van der Waals surface area contributed by atoms with Crippen LogP contribution in [0.25, 0.3) is 0 Å². The predicted molar refractivity (Wildman–Crippen MR) is 132 cm³/mol. The predicted octanol–water partition coefficient (Wildman–Crippen LogP) is 5.76. The van der Waals surface area contributed by atoms with Crippen LogP contribution < -0.4 is 15.5 Å². The highest BCUT2D eigenvalue weighted by atomic mass is 19.4. The lowest BCUT2D eigenvalue weighted by Gasteiger charge is -2.34. The molecule has 200 valence electrons. The molecular weight excluding hydrogens is 492 g/mol. The molecule has 0 spiro atoms. The Hall–Kier alpha value is -3.37. The fourth-order valence-electron chi connectivity index (χ4n) is 5.20. The van der Waals surface area contributed by atoms with Gasteiger partial charge in [-0.2, -0.15) is 13.2 Å². The number of hydrogen-bond acceptors (Lipinski definition) is 5. The Morgan fingerprint density at radius 2 is 1.65 bits per heavy atom. The molecule has 2 fully saturated rings. The first-order chi connectivity index (χ1) is 17.6. The summed E-state index contributed by atoms with van der Waals surface area (Å²) in [5, 5.41) is 17.1. The van der Waals surface area contributed by atoms with Crippen molar-refractivity contribution < 1.29 is 27.3 Å². The molecule has 0 unspecified atom stereocenters. The van der Waals surface area contributed by atoms with Crippen molar-refractivity contribution in [2.75, 3.05) is 29.9 Å². The van der Waals surface area contributed by atoms with Gasteiger partial charge in [0.25, 0.3) is 5.69 Å². The largest absolute Gasteiger partial charge is 0.423 e. The SMILES string of the molecule is O=C(NC[C@H]1CC[C@H](Nc2ccc([N+](=O)[O-])c(C(F)(F)F)c2)CC1)C1CCN(c2ccc(F)cc2)CC1. The maximum Gasteiger partial charge on any atom is 0.423 e. The number of nitrogens with zero attached hydrogens (tertiary/aromatic N) is 2. The summed E-state index contributed by atoms with van der Waals surface area (Å²) in [5.41, 5.74) is -1.06. The van der Waals surface area contributed by atoms with E-state index < -0.39 is 22.4 Å². The van der Waals surface area contributed by atoms with Crippen molar-refractivity contribution in [1.29, 1.82) is 0 Å². The minimum Gasteiger partial charge on any atom is -0.382 e. The Balaban J connectivity index is 1.20. The van der Waals surface area contributed by atoms with Crippen molar-refractivity contribution in [2.24, 2.45) is 11.8 Å². The molecule has 2 aliphatic rings. The van der Waals surface area contributed by atoms with Crippen LogP contribution in [0.15, 0.2) is 42.5 Å². The monoisotopic (exact) mass is 522 g/mol. The van der Waals surface area contributed by atoms with Gasteiger partial charge in [0, 0.05) is 49.0 Å². The molecule has 0 radical (unpaired) electrons. The quantitative estimate of drug-likeness (QED) is 0.275. The highest BCUT2D eigenvalue weighted by Gasteiger charge is 2.38. The van der Waals surface area contributed by atoms with Crippen LogP contribution in [-0.2, 0) is 11.0 Å². The van der Waals surface area contributed by atoms with Gasteiger partial charge in [-0.15, -0.1) is 0 Å². The Labute approximate surface area is 212 Å². The number of hydrogen-bond donors (Lipinski definition) is 2. The van der Waals surface area contributed by atoms with Crippen LogP contribution in [-0.4, -0.2) is 36.5 Å². The van der Waals surface area contributed by atoms with E-state index in [-0.39, 0.29) is 29.4 Å². The average Bonchev–Trinajstić information content (AvgIpc) is 2.88. The minimum atomic E-state index is -4.81. The summed E-state index contributed by atoms with van der Waals surface area (Å²) < 4.78 is 52.8. The molecule has 2 aromatic carbocycles. The van der Waals surface area contributed by atoms with Crippen LogP contribution in [0.1, 0.15) is 44.1 Å². The Morgan fingerprint density at radius 1 is 1.00 bits per heavy atom. The number of piperidine rings is 1. The summed E-state index contributed by atoms with van der Waals surface area (Å²) in [6, 6.07) is 9.32. The molecule has 4 rings (SSSR count). The van der Waals surface area contributed by atoms with E-state index in [1.165, 1.54) is 18.2 Å². The third kappa shape index (κ3) is 6.90. The number of rotatable bonds is 7. The summed E-state index contributed by atoms with van der Waals surface area (Å²) in [4.78, 5) is 24.8. The number of nitro groups is 1. The van der Waals surface area contributed by atoms with Crippen LogP contribution in [0.2, 0.25) is 0 Å². The number of nitrogens with one attached hydrogen (secondary N) is 2. The van der Waals surface area contributed by atoms with Gasteiger partial charge in [-0.25, -0.2) is 4.39 Å². The van der Waals surface area contributed by atoms with Crippen molar-refractivity contribution in [3.63, 3.8) is 0 Å². The lowest BCUT2D eigenvalue weighted by atomic mass is 9.85. The van der Waals surface area contributed by atoms with Crippen molar-refractivity contribution in [3.05, 3.63) is 64.0 Å². The van der Waals surface area contributed by atoms with E-state index in [9.17, 15) is 32.5 Å². The lowest BCUT2D eigenvalue weighted by molar-refractivity contribution is -0.388. The summed E-state index contributed by atoms with van der Waals surface area (Å²) in [5.74, 6) is 0.0119. The van der Waals surface area contributed by atoms with E-state index in [4.69, 9.17) is 0 Å². The number of anilines is 2. The number of alkyl halides is 3. The molecule has 1 aliphatic heterocycles. The molecule has 11 heteroatoms. The lowest BCUT2D eigenvalue weighted by Crippen LogP contribution is -2.42. The van der Waals surface area contributed by atoms with Crippen molar-refractivity contribution >= 4 is 23.0 Å². The molecule has 1 amide bonds. The van der Waals surface area contributed by atoms with Gasteiger partial charge in [-0.3, -0.25) is 14.9 Å². The van der Waals surface area contributed by atoms with Crippen molar-refractivity contribution in [3.8, 4) is 0 Å². The number of halogens is 4. The van der Waals surface area contributed by atoms with Gasteiger partial charge in [0.2, 0.25) is 5.91 Å². The van der Waals surface area contributed by atoms with E-state index in [0.717, 1.165) is 69.4 Å². The second-order valence-electron chi connectivity index (χ2n) is 9.83. The van der Waals surface area contributed by atoms with Gasteiger partial charge in [0.1, 0.15) is 11.4 Å². The summed E-state index contributed by atoms with van der Waals surface area (Å²) in [7, 11) is 0. The number of benzene rings is 2. The number of amides is 1. The van der Waals surface area contributed by atoms with E-state index in [1.54, 1.807) is 12.1 Å². The first-order valence-electron chi connectivity index (χ1n) is 12.5. The summed E-state index contributed by atoms with van der Waals surface area (Å²) in [6.07, 6.45) is -0.248. The normalized spacial score (nSPS) is 20.9. The fourth-order valence-corrected chi connectivity index (χ4v) is 5.20. The first-order valence-corrected chi connectivity index (χ1v) is 12.5. The Morgan fingerprint density at radius 3 is 2.24 bits per heavy atom. The highest BCUT2D eigenvalue weighted by molar-refractivity contribution is 5.79. The number of carbonyl (C=O) groups is 1. The standard InChI is InChI=1S/C26H30F4N4O3/c27-19-3-8-22(9-4-19)33-13-11-18(12-14-33)25(35)31-16-17-1-5-20(6-2-17)32-21-7-10-24(34(36)37)23(15-21)26(28,29)30/h3-4,7-10,15,17-18,20,32H,1-2,5-6,11-14,16H2,(H,31,35)/t17-,20-. The molecule has 2 aromatic rings.